The lowest BCUT2D eigenvalue weighted by molar-refractivity contribution is -0.130. The molecule has 3 aliphatic rings. The van der Waals surface area contributed by atoms with Gasteiger partial charge in [-0.05, 0) is 62.9 Å². The van der Waals surface area contributed by atoms with Crippen LogP contribution in [0.5, 0.6) is 5.75 Å². The number of hydrogen-bond donors (Lipinski definition) is 1. The van der Waals surface area contributed by atoms with Crippen molar-refractivity contribution in [3.63, 3.8) is 0 Å². The highest BCUT2D eigenvalue weighted by molar-refractivity contribution is 5.89. The molecule has 0 bridgehead atoms. The Hall–Kier alpha value is -2.08. The highest BCUT2D eigenvalue weighted by Crippen LogP contribution is 2.35. The van der Waals surface area contributed by atoms with Crippen LogP contribution in [0.15, 0.2) is 24.3 Å². The smallest absolute Gasteiger partial charge is 0.225 e. The minimum atomic E-state index is -0.196. The van der Waals surface area contributed by atoms with Gasteiger partial charge in [-0.1, -0.05) is 25.0 Å². The number of nitrogens with one attached hydrogen (secondary N) is 1. The molecule has 30 heavy (non-hydrogen) atoms. The van der Waals surface area contributed by atoms with Gasteiger partial charge >= 0.3 is 0 Å². The molecule has 2 amide bonds. The predicted octanol–water partition coefficient (Wildman–Crippen LogP) is 2.99. The summed E-state index contributed by atoms with van der Waals surface area (Å²) in [7, 11) is 3.85. The summed E-state index contributed by atoms with van der Waals surface area (Å²) in [5, 5.41) is 3.20. The minimum Gasteiger partial charge on any atom is -0.497 e. The molecule has 6 heteroatoms. The van der Waals surface area contributed by atoms with Gasteiger partial charge in [-0.2, -0.15) is 0 Å². The number of ether oxygens (including phenoxy) is 1. The molecule has 0 radical (unpaired) electrons. The van der Waals surface area contributed by atoms with Gasteiger partial charge in [0.1, 0.15) is 5.75 Å². The number of hydrogen-bond acceptors (Lipinski definition) is 4. The van der Waals surface area contributed by atoms with E-state index < -0.39 is 0 Å². The topological polar surface area (TPSA) is 61.9 Å². The number of amides is 2. The van der Waals surface area contributed by atoms with Gasteiger partial charge in [0.25, 0.3) is 0 Å². The first-order valence-electron chi connectivity index (χ1n) is 11.5. The van der Waals surface area contributed by atoms with E-state index in [0.29, 0.717) is 31.5 Å². The van der Waals surface area contributed by atoms with E-state index in [1.807, 2.05) is 17.0 Å². The van der Waals surface area contributed by atoms with Crippen LogP contribution < -0.4 is 10.1 Å². The number of carbonyl (C=O) groups excluding carboxylic acids is 2. The van der Waals surface area contributed by atoms with Gasteiger partial charge in [-0.3, -0.25) is 14.5 Å². The Kier molecular flexibility index (Phi) is 6.61. The fraction of sp³-hybridized carbons (Fsp3) is 0.667. The highest BCUT2D eigenvalue weighted by Gasteiger charge is 2.39. The minimum absolute atomic E-state index is 0.0468. The molecular formula is C24H35N3O3. The Balaban J connectivity index is 1.36. The zero-order valence-electron chi connectivity index (χ0n) is 18.3. The number of nitrogens with zero attached hydrogens (tertiary/aromatic N) is 2. The average molecular weight is 414 g/mol. The van der Waals surface area contributed by atoms with E-state index in [1.54, 1.807) is 7.11 Å². The van der Waals surface area contributed by atoms with Crippen LogP contribution in [0, 0.1) is 11.8 Å². The highest BCUT2D eigenvalue weighted by atomic mass is 16.5. The van der Waals surface area contributed by atoms with Crippen LogP contribution in [0.3, 0.4) is 0 Å². The largest absolute Gasteiger partial charge is 0.497 e. The molecule has 2 saturated heterocycles. The molecule has 2 heterocycles. The van der Waals surface area contributed by atoms with Crippen molar-refractivity contribution in [1.82, 2.24) is 15.1 Å². The maximum absolute atomic E-state index is 12.9. The van der Waals surface area contributed by atoms with Gasteiger partial charge in [-0.25, -0.2) is 0 Å². The van der Waals surface area contributed by atoms with E-state index in [4.69, 9.17) is 4.74 Å². The zero-order valence-corrected chi connectivity index (χ0v) is 18.3. The monoisotopic (exact) mass is 413 g/mol. The molecule has 1 aromatic rings. The second kappa shape index (κ2) is 9.38. The summed E-state index contributed by atoms with van der Waals surface area (Å²) in [6.45, 7) is 2.32. The van der Waals surface area contributed by atoms with Crippen molar-refractivity contribution in [2.45, 2.75) is 57.0 Å². The van der Waals surface area contributed by atoms with Gasteiger partial charge in [0.15, 0.2) is 0 Å². The molecule has 1 aromatic carbocycles. The van der Waals surface area contributed by atoms with Gasteiger partial charge in [0.05, 0.1) is 13.0 Å². The lowest BCUT2D eigenvalue weighted by atomic mass is 9.84. The van der Waals surface area contributed by atoms with Crippen molar-refractivity contribution in [3.8, 4) is 5.75 Å². The first-order chi connectivity index (χ1) is 14.6. The molecule has 3 fully saturated rings. The van der Waals surface area contributed by atoms with Crippen molar-refractivity contribution >= 4 is 11.8 Å². The summed E-state index contributed by atoms with van der Waals surface area (Å²) >= 11 is 0. The first-order valence-corrected chi connectivity index (χ1v) is 11.5. The van der Waals surface area contributed by atoms with Gasteiger partial charge < -0.3 is 15.0 Å². The summed E-state index contributed by atoms with van der Waals surface area (Å²) in [6.07, 6.45) is 7.20. The van der Waals surface area contributed by atoms with Crippen molar-refractivity contribution in [2.75, 3.05) is 33.8 Å². The Morgan fingerprint density at radius 1 is 1.13 bits per heavy atom. The van der Waals surface area contributed by atoms with E-state index in [9.17, 15) is 9.59 Å². The van der Waals surface area contributed by atoms with Crippen molar-refractivity contribution < 1.29 is 14.3 Å². The lowest BCUT2D eigenvalue weighted by Gasteiger charge is -2.40. The zero-order chi connectivity index (χ0) is 21.1. The maximum Gasteiger partial charge on any atom is 0.225 e. The second-order valence-corrected chi connectivity index (χ2v) is 9.23. The summed E-state index contributed by atoms with van der Waals surface area (Å²) < 4.78 is 5.30. The summed E-state index contributed by atoms with van der Waals surface area (Å²) in [4.78, 5) is 29.7. The Bertz CT molecular complexity index is 745. The van der Waals surface area contributed by atoms with Gasteiger partial charge in [0.2, 0.25) is 11.8 Å². The number of benzene rings is 1. The molecule has 6 nitrogen and oxygen atoms in total. The third-order valence-electron chi connectivity index (χ3n) is 7.30. The molecule has 1 N–H and O–H groups in total. The van der Waals surface area contributed by atoms with Crippen LogP contribution in [0.2, 0.25) is 0 Å². The van der Waals surface area contributed by atoms with E-state index in [0.717, 1.165) is 38.0 Å². The number of likely N-dealkylation sites (tertiary alicyclic amines) is 2. The molecule has 1 aliphatic carbocycles. The quantitative estimate of drug-likeness (QED) is 0.779. The van der Waals surface area contributed by atoms with Crippen molar-refractivity contribution in [1.29, 1.82) is 0 Å². The standard InChI is InChI=1S/C24H35N3O3/c1-26-13-5-6-18(23(26)17-9-11-21(30-2)12-10-17)15-25-24(29)19-14-22(28)27(16-19)20-7-3-4-8-20/h9-12,18-20,23H,3-8,13-16H2,1-2H3,(H,25,29). The maximum atomic E-state index is 12.9. The van der Waals surface area contributed by atoms with Crippen LogP contribution in [0.4, 0.5) is 0 Å². The van der Waals surface area contributed by atoms with Crippen LogP contribution in [-0.4, -0.2) is 61.4 Å². The Morgan fingerprint density at radius 3 is 2.57 bits per heavy atom. The summed E-state index contributed by atoms with van der Waals surface area (Å²) in [6, 6.07) is 8.93. The third-order valence-corrected chi connectivity index (χ3v) is 7.30. The fourth-order valence-electron chi connectivity index (χ4n) is 5.65. The normalized spacial score (nSPS) is 28.1. The summed E-state index contributed by atoms with van der Waals surface area (Å²) in [5.41, 5.74) is 1.26. The van der Waals surface area contributed by atoms with Crippen LogP contribution in [0.1, 0.15) is 56.6 Å². The lowest BCUT2D eigenvalue weighted by Crippen LogP contribution is -2.43. The Morgan fingerprint density at radius 2 is 1.87 bits per heavy atom. The van der Waals surface area contributed by atoms with E-state index >= 15 is 0 Å². The van der Waals surface area contributed by atoms with Crippen LogP contribution in [0.25, 0.3) is 0 Å². The Labute approximate surface area is 179 Å². The average Bonchev–Trinajstić information content (AvgIpc) is 3.42. The van der Waals surface area contributed by atoms with Crippen molar-refractivity contribution in [3.05, 3.63) is 29.8 Å². The molecule has 164 valence electrons. The second-order valence-electron chi connectivity index (χ2n) is 9.23. The molecule has 3 unspecified atom stereocenters. The number of rotatable bonds is 6. The van der Waals surface area contributed by atoms with Gasteiger partial charge in [-0.15, -0.1) is 0 Å². The molecule has 3 atom stereocenters. The van der Waals surface area contributed by atoms with Crippen LogP contribution >= 0.6 is 0 Å². The SMILES string of the molecule is COc1ccc(C2C(CNC(=O)C3CC(=O)N(C4CCCC4)C3)CCCN2C)cc1. The molecule has 1 saturated carbocycles. The number of methoxy groups -OCH3 is 1. The fourth-order valence-corrected chi connectivity index (χ4v) is 5.65. The van der Waals surface area contributed by atoms with E-state index in [-0.39, 0.29) is 23.8 Å². The van der Waals surface area contributed by atoms with Gasteiger partial charge in [0, 0.05) is 31.6 Å². The number of carbonyl (C=O) groups is 2. The van der Waals surface area contributed by atoms with Crippen molar-refractivity contribution in [2.24, 2.45) is 11.8 Å². The molecule has 4 rings (SSSR count). The predicted molar refractivity (Wildman–Crippen MR) is 116 cm³/mol. The first kappa shape index (κ1) is 21.2. The van der Waals surface area contributed by atoms with E-state index in [1.165, 1.54) is 18.4 Å². The molecule has 0 aromatic heterocycles. The molecule has 2 aliphatic heterocycles. The third kappa shape index (κ3) is 4.48. The van der Waals surface area contributed by atoms with Crippen LogP contribution in [-0.2, 0) is 9.59 Å². The molecular weight excluding hydrogens is 378 g/mol. The summed E-state index contributed by atoms with van der Waals surface area (Å²) in [5.74, 6) is 1.24. The number of piperidine rings is 1. The van der Waals surface area contributed by atoms with E-state index in [2.05, 4.69) is 29.4 Å². The molecule has 0 spiro atoms.